The van der Waals surface area contributed by atoms with Crippen LogP contribution in [0.1, 0.15) is 39.2 Å². The molecule has 182 valence electrons. The Morgan fingerprint density at radius 3 is 2.44 bits per heavy atom. The molecule has 1 fully saturated rings. The molecule has 0 bridgehead atoms. The van der Waals surface area contributed by atoms with E-state index in [4.69, 9.17) is 33.7 Å². The van der Waals surface area contributed by atoms with E-state index in [9.17, 15) is 14.3 Å². The number of phosphoric ester groups is 1. The van der Waals surface area contributed by atoms with Gasteiger partial charge < -0.3 is 29.6 Å². The summed E-state index contributed by atoms with van der Waals surface area (Å²) in [4.78, 5) is 22.3. The molecule has 1 aliphatic rings. The zero-order valence-electron chi connectivity index (χ0n) is 19.0. The third kappa shape index (κ3) is 8.78. The highest BCUT2D eigenvalue weighted by Crippen LogP contribution is 2.50. The summed E-state index contributed by atoms with van der Waals surface area (Å²) in [5, 5.41) is 0. The van der Waals surface area contributed by atoms with Crippen molar-refractivity contribution in [1.29, 1.82) is 0 Å². The standard InChI is InChI=1S/C21H34NO9P/c1-21(2,3)31-32(24,25)30-19-17(29-16(11-8-12-22)18(19)26-4)14-28-20(23)27-13-15-9-6-5-7-10-15/h5-7,9-10,16-19H,8,11-14,22H2,1-4H3,(H,24,25)/t16-,17+,18+,19?/m0/s1. The lowest BCUT2D eigenvalue weighted by Crippen LogP contribution is -2.39. The predicted octanol–water partition coefficient (Wildman–Crippen LogP) is 3.16. The molecule has 1 aromatic carbocycles. The molecule has 0 amide bonds. The lowest BCUT2D eigenvalue weighted by atomic mass is 10.0. The third-order valence-electron chi connectivity index (χ3n) is 4.58. The second-order valence-electron chi connectivity index (χ2n) is 8.42. The maximum absolute atomic E-state index is 12.6. The van der Waals surface area contributed by atoms with Crippen LogP contribution in [0.5, 0.6) is 0 Å². The molecule has 11 heteroatoms. The molecule has 1 heterocycles. The fourth-order valence-corrected chi connectivity index (χ4v) is 4.63. The summed E-state index contributed by atoms with van der Waals surface area (Å²) in [5.74, 6) is 0. The Kier molecular flexibility index (Phi) is 10.1. The molecule has 0 spiro atoms. The number of hydrogen-bond donors (Lipinski definition) is 2. The van der Waals surface area contributed by atoms with Crippen LogP contribution in [0.3, 0.4) is 0 Å². The number of benzene rings is 1. The van der Waals surface area contributed by atoms with Gasteiger partial charge in [-0.3, -0.25) is 9.05 Å². The van der Waals surface area contributed by atoms with Gasteiger partial charge in [0.1, 0.15) is 31.5 Å². The summed E-state index contributed by atoms with van der Waals surface area (Å²) in [7, 11) is -3.01. The minimum absolute atomic E-state index is 0.0518. The van der Waals surface area contributed by atoms with Gasteiger partial charge in [-0.15, -0.1) is 0 Å². The van der Waals surface area contributed by atoms with Crippen molar-refractivity contribution < 1.29 is 42.2 Å². The maximum atomic E-state index is 12.6. The Labute approximate surface area is 188 Å². The first-order valence-corrected chi connectivity index (χ1v) is 12.0. The van der Waals surface area contributed by atoms with E-state index in [1.54, 1.807) is 20.8 Å². The average molecular weight is 475 g/mol. The fourth-order valence-electron chi connectivity index (χ4n) is 3.33. The molecule has 3 N–H and O–H groups in total. The third-order valence-corrected chi connectivity index (χ3v) is 5.87. The van der Waals surface area contributed by atoms with Crippen molar-refractivity contribution in [3.05, 3.63) is 35.9 Å². The molecule has 0 radical (unpaired) electrons. The van der Waals surface area contributed by atoms with Crippen LogP contribution in [0.4, 0.5) is 4.79 Å². The summed E-state index contributed by atoms with van der Waals surface area (Å²) in [6.45, 7) is 5.13. The van der Waals surface area contributed by atoms with Crippen LogP contribution < -0.4 is 5.73 Å². The van der Waals surface area contributed by atoms with E-state index in [-0.39, 0.29) is 13.2 Å². The van der Waals surface area contributed by atoms with Crippen LogP contribution >= 0.6 is 7.82 Å². The molecule has 1 aromatic rings. The van der Waals surface area contributed by atoms with Crippen LogP contribution in [-0.4, -0.2) is 61.3 Å². The summed E-state index contributed by atoms with van der Waals surface area (Å²) >= 11 is 0. The molecule has 0 aliphatic carbocycles. The number of rotatable bonds is 11. The van der Waals surface area contributed by atoms with E-state index < -0.39 is 44.0 Å². The van der Waals surface area contributed by atoms with Crippen molar-refractivity contribution in [2.45, 2.75) is 70.2 Å². The van der Waals surface area contributed by atoms with E-state index in [1.165, 1.54) is 7.11 Å². The molecule has 0 saturated carbocycles. The highest BCUT2D eigenvalue weighted by Gasteiger charge is 2.49. The van der Waals surface area contributed by atoms with Crippen molar-refractivity contribution in [3.63, 3.8) is 0 Å². The Morgan fingerprint density at radius 1 is 1.16 bits per heavy atom. The first-order chi connectivity index (χ1) is 15.0. The van der Waals surface area contributed by atoms with Gasteiger partial charge in [0.2, 0.25) is 0 Å². The molecule has 0 aromatic heterocycles. The second-order valence-corrected chi connectivity index (χ2v) is 9.75. The van der Waals surface area contributed by atoms with Crippen LogP contribution in [0, 0.1) is 0 Å². The van der Waals surface area contributed by atoms with Gasteiger partial charge in [0, 0.05) is 7.11 Å². The van der Waals surface area contributed by atoms with E-state index in [2.05, 4.69) is 0 Å². The maximum Gasteiger partial charge on any atom is 0.508 e. The van der Waals surface area contributed by atoms with E-state index >= 15 is 0 Å². The monoisotopic (exact) mass is 475 g/mol. The van der Waals surface area contributed by atoms with Crippen molar-refractivity contribution >= 4 is 14.0 Å². The molecule has 2 unspecified atom stereocenters. The molecule has 1 aliphatic heterocycles. The first-order valence-electron chi connectivity index (χ1n) is 10.5. The molecular formula is C21H34NO9P. The fraction of sp³-hybridized carbons (Fsp3) is 0.667. The predicted molar refractivity (Wildman–Crippen MR) is 116 cm³/mol. The zero-order chi connectivity index (χ0) is 23.8. The van der Waals surface area contributed by atoms with Gasteiger partial charge >= 0.3 is 14.0 Å². The lowest BCUT2D eigenvalue weighted by molar-refractivity contribution is -0.0471. The summed E-state index contributed by atoms with van der Waals surface area (Å²) in [5.41, 5.74) is 5.49. The summed E-state index contributed by atoms with van der Waals surface area (Å²) in [6.07, 6.45) is -2.72. The average Bonchev–Trinajstić information content (AvgIpc) is 3.03. The molecule has 10 nitrogen and oxygen atoms in total. The van der Waals surface area contributed by atoms with Gasteiger partial charge in [-0.25, -0.2) is 9.36 Å². The molecule has 5 atom stereocenters. The Balaban J connectivity index is 2.03. The van der Waals surface area contributed by atoms with Crippen molar-refractivity contribution in [3.8, 4) is 0 Å². The van der Waals surface area contributed by atoms with E-state index in [0.717, 1.165) is 5.56 Å². The van der Waals surface area contributed by atoms with Gasteiger partial charge in [0.25, 0.3) is 0 Å². The van der Waals surface area contributed by atoms with Crippen LogP contribution in [-0.2, 0) is 39.2 Å². The Hall–Kier alpha value is -1.52. The molecule has 2 rings (SSSR count). The van der Waals surface area contributed by atoms with E-state index in [0.29, 0.717) is 19.4 Å². The van der Waals surface area contributed by atoms with Crippen LogP contribution in [0.25, 0.3) is 0 Å². The molecule has 1 saturated heterocycles. The number of phosphoric acid groups is 1. The number of hydrogen-bond acceptors (Lipinski definition) is 9. The topological polar surface area (TPSA) is 136 Å². The van der Waals surface area contributed by atoms with E-state index in [1.807, 2.05) is 30.3 Å². The number of carbonyl (C=O) groups excluding carboxylic acids is 1. The van der Waals surface area contributed by atoms with Crippen molar-refractivity contribution in [2.24, 2.45) is 5.73 Å². The minimum atomic E-state index is -4.46. The number of carbonyl (C=O) groups is 1. The van der Waals surface area contributed by atoms with Gasteiger partial charge in [0.15, 0.2) is 0 Å². The van der Waals surface area contributed by atoms with Gasteiger partial charge in [-0.1, -0.05) is 30.3 Å². The number of ether oxygens (including phenoxy) is 4. The minimum Gasteiger partial charge on any atom is -0.431 e. The van der Waals surface area contributed by atoms with Crippen LogP contribution in [0.2, 0.25) is 0 Å². The zero-order valence-corrected chi connectivity index (χ0v) is 19.9. The first kappa shape index (κ1) is 26.7. The summed E-state index contributed by atoms with van der Waals surface area (Å²) in [6, 6.07) is 9.15. The van der Waals surface area contributed by atoms with Gasteiger partial charge in [-0.05, 0) is 45.7 Å². The van der Waals surface area contributed by atoms with Gasteiger partial charge in [-0.2, -0.15) is 0 Å². The quantitative estimate of drug-likeness (QED) is 0.363. The Morgan fingerprint density at radius 2 is 1.84 bits per heavy atom. The number of methoxy groups -OCH3 is 1. The smallest absolute Gasteiger partial charge is 0.431 e. The second kappa shape index (κ2) is 12.1. The lowest BCUT2D eigenvalue weighted by Gasteiger charge is -2.28. The largest absolute Gasteiger partial charge is 0.508 e. The number of nitrogens with two attached hydrogens (primary N) is 1. The molecule has 32 heavy (non-hydrogen) atoms. The molecular weight excluding hydrogens is 441 g/mol. The van der Waals surface area contributed by atoms with Crippen LogP contribution in [0.15, 0.2) is 30.3 Å². The highest BCUT2D eigenvalue weighted by atomic mass is 31.2. The van der Waals surface area contributed by atoms with Crippen molar-refractivity contribution in [2.75, 3.05) is 20.3 Å². The van der Waals surface area contributed by atoms with Gasteiger partial charge in [0.05, 0.1) is 11.7 Å². The SMILES string of the molecule is CO[C@H]1C(OP(=O)(O)OC(C)(C)C)[C@@H](COC(=O)OCc2ccccc2)O[C@H]1CCCN. The normalized spacial score (nSPS) is 25.3. The Bertz CT molecular complexity index is 755. The highest BCUT2D eigenvalue weighted by molar-refractivity contribution is 7.47. The van der Waals surface area contributed by atoms with Crippen molar-refractivity contribution in [1.82, 2.24) is 0 Å². The summed E-state index contributed by atoms with van der Waals surface area (Å²) < 4.78 is 44.9.